The van der Waals surface area contributed by atoms with Crippen LogP contribution in [0.4, 0.5) is 0 Å². The molecule has 2 rings (SSSR count). The first-order chi connectivity index (χ1) is 9.09. The van der Waals surface area contributed by atoms with E-state index >= 15 is 0 Å². The van der Waals surface area contributed by atoms with Gasteiger partial charge in [-0.05, 0) is 44.9 Å². The van der Waals surface area contributed by atoms with Gasteiger partial charge in [-0.3, -0.25) is 4.79 Å². The second kappa shape index (κ2) is 5.61. The Balaban J connectivity index is 2.32. The van der Waals surface area contributed by atoms with Crippen molar-refractivity contribution in [3.63, 3.8) is 0 Å². The predicted molar refractivity (Wildman–Crippen MR) is 74.1 cm³/mol. The molecule has 0 spiro atoms. The molecular formula is C15H21NO3. The van der Waals surface area contributed by atoms with Gasteiger partial charge in [0.25, 0.3) is 0 Å². The van der Waals surface area contributed by atoms with Crippen molar-refractivity contribution in [3.05, 3.63) is 23.8 Å². The smallest absolute Gasteiger partial charge is 0.182 e. The molecule has 1 aromatic carbocycles. The van der Waals surface area contributed by atoms with Gasteiger partial charge in [0, 0.05) is 11.6 Å². The van der Waals surface area contributed by atoms with E-state index in [-0.39, 0.29) is 5.78 Å². The van der Waals surface area contributed by atoms with Gasteiger partial charge in [-0.25, -0.2) is 0 Å². The molecule has 0 radical (unpaired) electrons. The summed E-state index contributed by atoms with van der Waals surface area (Å²) in [5.74, 6) is 1.38. The summed E-state index contributed by atoms with van der Waals surface area (Å²) < 4.78 is 10.4. The molecule has 1 N–H and O–H groups in total. The van der Waals surface area contributed by atoms with Crippen molar-refractivity contribution < 1.29 is 14.3 Å². The van der Waals surface area contributed by atoms with Crippen molar-refractivity contribution in [2.24, 2.45) is 0 Å². The van der Waals surface area contributed by atoms with Crippen LogP contribution in [0.3, 0.4) is 0 Å². The fraction of sp³-hybridized carbons (Fsp3) is 0.533. The number of hydrogen-bond donors (Lipinski definition) is 1. The zero-order chi connectivity index (χ0) is 13.9. The van der Waals surface area contributed by atoms with Crippen LogP contribution in [0.5, 0.6) is 11.5 Å². The quantitative estimate of drug-likeness (QED) is 0.847. The molecule has 1 aliphatic rings. The molecule has 0 aliphatic carbocycles. The second-order valence-corrected chi connectivity index (χ2v) is 5.15. The van der Waals surface area contributed by atoms with Crippen LogP contribution in [-0.4, -0.2) is 32.1 Å². The summed E-state index contributed by atoms with van der Waals surface area (Å²) in [5.41, 5.74) is 0.156. The third kappa shape index (κ3) is 2.89. The molecule has 0 amide bonds. The highest BCUT2D eigenvalue weighted by atomic mass is 16.5. The molecular weight excluding hydrogens is 242 g/mol. The number of benzene rings is 1. The van der Waals surface area contributed by atoms with Crippen LogP contribution in [-0.2, 0) is 0 Å². The third-order valence-electron chi connectivity index (χ3n) is 3.73. The third-order valence-corrected chi connectivity index (χ3v) is 3.73. The van der Waals surface area contributed by atoms with E-state index in [4.69, 9.17) is 9.47 Å². The Hall–Kier alpha value is -1.55. The summed E-state index contributed by atoms with van der Waals surface area (Å²) >= 11 is 0. The van der Waals surface area contributed by atoms with Crippen LogP contribution in [0.25, 0.3) is 0 Å². The normalized spacial score (nSPS) is 22.9. The number of carbonyl (C=O) groups is 1. The first-order valence-electron chi connectivity index (χ1n) is 6.62. The Labute approximate surface area is 114 Å². The van der Waals surface area contributed by atoms with Gasteiger partial charge in [-0.2, -0.15) is 0 Å². The number of Topliss-reactive ketones (excluding diaryl/α,β-unsaturated/α-hetero) is 1. The van der Waals surface area contributed by atoms with Crippen LogP contribution in [0.1, 0.15) is 36.5 Å². The lowest BCUT2D eigenvalue weighted by Gasteiger charge is -2.33. The monoisotopic (exact) mass is 263 g/mol. The van der Waals surface area contributed by atoms with Gasteiger partial charge >= 0.3 is 0 Å². The topological polar surface area (TPSA) is 47.6 Å². The van der Waals surface area contributed by atoms with Crippen LogP contribution in [0, 0.1) is 0 Å². The molecule has 104 valence electrons. The summed E-state index contributed by atoms with van der Waals surface area (Å²) in [6, 6.07) is 5.31. The summed E-state index contributed by atoms with van der Waals surface area (Å²) in [6.45, 7) is 2.86. The maximum absolute atomic E-state index is 12.7. The Kier molecular flexibility index (Phi) is 4.10. The minimum absolute atomic E-state index is 0.101. The number of nitrogens with one attached hydrogen (secondary N) is 1. The Morgan fingerprint density at radius 2 is 1.79 bits per heavy atom. The van der Waals surface area contributed by atoms with Crippen molar-refractivity contribution in [1.29, 1.82) is 0 Å². The number of ketones is 1. The number of rotatable bonds is 4. The second-order valence-electron chi connectivity index (χ2n) is 5.15. The minimum Gasteiger partial charge on any atom is -0.497 e. The predicted octanol–water partition coefficient (Wildman–Crippen LogP) is 2.42. The average Bonchev–Trinajstić information content (AvgIpc) is 2.46. The lowest BCUT2D eigenvalue weighted by molar-refractivity contribution is 0.0834. The molecule has 0 bridgehead atoms. The summed E-state index contributed by atoms with van der Waals surface area (Å²) in [5, 5.41) is 3.34. The van der Waals surface area contributed by atoms with Gasteiger partial charge < -0.3 is 14.8 Å². The SMILES string of the molecule is COc1cc(OC)cc(C(=O)C2(C)CCCCN2)c1. The van der Waals surface area contributed by atoms with Crippen molar-refractivity contribution in [2.75, 3.05) is 20.8 Å². The van der Waals surface area contributed by atoms with Gasteiger partial charge in [0.15, 0.2) is 5.78 Å². The zero-order valence-electron chi connectivity index (χ0n) is 11.8. The largest absolute Gasteiger partial charge is 0.497 e. The van der Waals surface area contributed by atoms with Gasteiger partial charge in [-0.1, -0.05) is 0 Å². The molecule has 0 aromatic heterocycles. The van der Waals surface area contributed by atoms with Crippen LogP contribution in [0.15, 0.2) is 18.2 Å². The lowest BCUT2D eigenvalue weighted by Crippen LogP contribution is -2.52. The molecule has 0 saturated carbocycles. The Morgan fingerprint density at radius 1 is 1.16 bits per heavy atom. The fourth-order valence-electron chi connectivity index (χ4n) is 2.51. The van der Waals surface area contributed by atoms with E-state index in [0.717, 1.165) is 25.8 Å². The highest BCUT2D eigenvalue weighted by Gasteiger charge is 2.35. The minimum atomic E-state index is -0.477. The lowest BCUT2D eigenvalue weighted by atomic mass is 9.83. The van der Waals surface area contributed by atoms with Crippen LogP contribution < -0.4 is 14.8 Å². The van der Waals surface area contributed by atoms with E-state index in [1.54, 1.807) is 32.4 Å². The molecule has 1 heterocycles. The van der Waals surface area contributed by atoms with Gasteiger partial charge in [0.05, 0.1) is 19.8 Å². The number of hydrogen-bond acceptors (Lipinski definition) is 4. The Bertz CT molecular complexity index is 442. The molecule has 4 nitrogen and oxygen atoms in total. The van der Waals surface area contributed by atoms with E-state index in [1.165, 1.54) is 0 Å². The molecule has 4 heteroatoms. The number of carbonyl (C=O) groups excluding carboxylic acids is 1. The van der Waals surface area contributed by atoms with E-state index in [1.807, 2.05) is 6.92 Å². The Morgan fingerprint density at radius 3 is 2.26 bits per heavy atom. The average molecular weight is 263 g/mol. The van der Waals surface area contributed by atoms with E-state index in [2.05, 4.69) is 5.32 Å². The maximum atomic E-state index is 12.7. The standard InChI is InChI=1S/C15H21NO3/c1-15(6-4-5-7-16-15)14(17)11-8-12(18-2)10-13(9-11)19-3/h8-10,16H,4-7H2,1-3H3. The van der Waals surface area contributed by atoms with Crippen LogP contribution >= 0.6 is 0 Å². The van der Waals surface area contributed by atoms with E-state index < -0.39 is 5.54 Å². The molecule has 19 heavy (non-hydrogen) atoms. The number of ether oxygens (including phenoxy) is 2. The number of piperidine rings is 1. The maximum Gasteiger partial charge on any atom is 0.182 e. The highest BCUT2D eigenvalue weighted by molar-refractivity contribution is 6.03. The molecule has 1 aliphatic heterocycles. The van der Waals surface area contributed by atoms with Crippen molar-refractivity contribution in [3.8, 4) is 11.5 Å². The highest BCUT2D eigenvalue weighted by Crippen LogP contribution is 2.28. The van der Waals surface area contributed by atoms with Gasteiger partial charge in [-0.15, -0.1) is 0 Å². The molecule has 1 aromatic rings. The van der Waals surface area contributed by atoms with Gasteiger partial charge in [0.2, 0.25) is 0 Å². The fourth-order valence-corrected chi connectivity index (χ4v) is 2.51. The first kappa shape index (κ1) is 13.9. The van der Waals surface area contributed by atoms with Crippen molar-refractivity contribution in [1.82, 2.24) is 5.32 Å². The van der Waals surface area contributed by atoms with Crippen LogP contribution in [0.2, 0.25) is 0 Å². The zero-order valence-corrected chi connectivity index (χ0v) is 11.8. The molecule has 1 atom stereocenters. The summed E-state index contributed by atoms with van der Waals surface area (Å²) in [6.07, 6.45) is 3.08. The first-order valence-corrected chi connectivity index (χ1v) is 6.62. The molecule has 1 unspecified atom stereocenters. The van der Waals surface area contributed by atoms with Crippen molar-refractivity contribution in [2.45, 2.75) is 31.7 Å². The summed E-state index contributed by atoms with van der Waals surface area (Å²) in [4.78, 5) is 12.7. The summed E-state index contributed by atoms with van der Waals surface area (Å²) in [7, 11) is 3.17. The van der Waals surface area contributed by atoms with E-state index in [0.29, 0.717) is 17.1 Å². The van der Waals surface area contributed by atoms with Gasteiger partial charge in [0.1, 0.15) is 11.5 Å². The van der Waals surface area contributed by atoms with Crippen molar-refractivity contribution >= 4 is 5.78 Å². The molecule has 1 fully saturated rings. The number of methoxy groups -OCH3 is 2. The molecule has 1 saturated heterocycles. The van der Waals surface area contributed by atoms with E-state index in [9.17, 15) is 4.79 Å².